The number of aliphatic hydroxyl groups excluding tert-OH is 1. The summed E-state index contributed by atoms with van der Waals surface area (Å²) in [6, 6.07) is 9.54. The topological polar surface area (TPSA) is 87.5 Å². The molecule has 2 amide bonds. The molecule has 2 aromatic rings. The van der Waals surface area contributed by atoms with Crippen LogP contribution in [-0.4, -0.2) is 46.4 Å². The van der Waals surface area contributed by atoms with E-state index < -0.39 is 0 Å². The number of nitrogens with zero attached hydrogens (tertiary/aromatic N) is 3. The third-order valence-electron chi connectivity index (χ3n) is 4.43. The van der Waals surface area contributed by atoms with Gasteiger partial charge in [0.15, 0.2) is 0 Å². The minimum absolute atomic E-state index is 0.0311. The van der Waals surface area contributed by atoms with Crippen LogP contribution in [0, 0.1) is 0 Å². The molecule has 1 aliphatic rings. The normalized spacial score (nSPS) is 17.1. The molecule has 0 aliphatic carbocycles. The van der Waals surface area contributed by atoms with Gasteiger partial charge in [-0.3, -0.25) is 14.3 Å². The lowest BCUT2D eigenvalue weighted by Gasteiger charge is -2.17. The van der Waals surface area contributed by atoms with Crippen molar-refractivity contribution >= 4 is 17.5 Å². The van der Waals surface area contributed by atoms with Crippen LogP contribution in [0.15, 0.2) is 36.5 Å². The van der Waals surface area contributed by atoms with Gasteiger partial charge < -0.3 is 15.3 Å². The highest BCUT2D eigenvalue weighted by molar-refractivity contribution is 5.98. The van der Waals surface area contributed by atoms with Crippen LogP contribution in [0.1, 0.15) is 34.8 Å². The summed E-state index contributed by atoms with van der Waals surface area (Å²) in [5, 5.41) is 15.8. The smallest absolute Gasteiger partial charge is 0.254 e. The first-order chi connectivity index (χ1) is 12.1. The summed E-state index contributed by atoms with van der Waals surface area (Å²) in [6.45, 7) is 0.964. The molecule has 132 valence electrons. The highest BCUT2D eigenvalue weighted by Gasteiger charge is 2.35. The molecule has 1 aromatic carbocycles. The molecule has 7 nitrogen and oxygen atoms in total. The first-order valence-electron chi connectivity index (χ1n) is 8.38. The zero-order valence-corrected chi connectivity index (χ0v) is 14.2. The number of aliphatic hydroxyl groups is 1. The molecule has 0 spiro atoms. The SMILES string of the molecule is Cn1ncc(C(=O)NCCCO)c1C1CC(=O)N(c2ccccc2)C1. The molecule has 1 aromatic heterocycles. The first kappa shape index (κ1) is 17.2. The van der Waals surface area contributed by atoms with E-state index in [1.165, 1.54) is 0 Å². The highest BCUT2D eigenvalue weighted by Crippen LogP contribution is 2.33. The molecule has 0 saturated carbocycles. The fourth-order valence-corrected chi connectivity index (χ4v) is 3.23. The van der Waals surface area contributed by atoms with Gasteiger partial charge in [0.25, 0.3) is 5.91 Å². The highest BCUT2D eigenvalue weighted by atomic mass is 16.3. The van der Waals surface area contributed by atoms with E-state index in [0.717, 1.165) is 11.4 Å². The van der Waals surface area contributed by atoms with Crippen molar-refractivity contribution in [2.45, 2.75) is 18.8 Å². The first-order valence-corrected chi connectivity index (χ1v) is 8.38. The number of hydrogen-bond donors (Lipinski definition) is 2. The third-order valence-corrected chi connectivity index (χ3v) is 4.43. The van der Waals surface area contributed by atoms with Crippen LogP contribution < -0.4 is 10.2 Å². The molecule has 7 heteroatoms. The summed E-state index contributed by atoms with van der Waals surface area (Å²) in [5.41, 5.74) is 2.13. The Morgan fingerprint density at radius 1 is 1.36 bits per heavy atom. The minimum Gasteiger partial charge on any atom is -0.396 e. The summed E-state index contributed by atoms with van der Waals surface area (Å²) in [6.07, 6.45) is 2.40. The number of anilines is 1. The lowest BCUT2D eigenvalue weighted by atomic mass is 10.00. The minimum atomic E-state index is -0.220. The summed E-state index contributed by atoms with van der Waals surface area (Å²) in [7, 11) is 1.79. The zero-order chi connectivity index (χ0) is 17.8. The van der Waals surface area contributed by atoms with E-state index in [-0.39, 0.29) is 24.3 Å². The van der Waals surface area contributed by atoms with Gasteiger partial charge in [0, 0.05) is 44.8 Å². The van der Waals surface area contributed by atoms with Crippen LogP contribution in [0.25, 0.3) is 0 Å². The van der Waals surface area contributed by atoms with Gasteiger partial charge >= 0.3 is 0 Å². The summed E-state index contributed by atoms with van der Waals surface area (Å²) in [5.74, 6) is -0.259. The number of carbonyl (C=O) groups excluding carboxylic acids is 2. The molecule has 1 fully saturated rings. The second-order valence-electron chi connectivity index (χ2n) is 6.14. The predicted octanol–water partition coefficient (Wildman–Crippen LogP) is 1.05. The van der Waals surface area contributed by atoms with Gasteiger partial charge in [-0.15, -0.1) is 0 Å². The van der Waals surface area contributed by atoms with Crippen molar-refractivity contribution in [3.8, 4) is 0 Å². The maximum Gasteiger partial charge on any atom is 0.254 e. The molecule has 25 heavy (non-hydrogen) atoms. The van der Waals surface area contributed by atoms with Crippen LogP contribution in [0.4, 0.5) is 5.69 Å². The summed E-state index contributed by atoms with van der Waals surface area (Å²) < 4.78 is 1.67. The molecular weight excluding hydrogens is 320 g/mol. The summed E-state index contributed by atoms with van der Waals surface area (Å²) in [4.78, 5) is 26.6. The Balaban J connectivity index is 1.80. The number of benzene rings is 1. The largest absolute Gasteiger partial charge is 0.396 e. The number of rotatable bonds is 6. The van der Waals surface area contributed by atoms with Crippen molar-refractivity contribution in [3.63, 3.8) is 0 Å². The number of nitrogens with one attached hydrogen (secondary N) is 1. The van der Waals surface area contributed by atoms with E-state index in [4.69, 9.17) is 5.11 Å². The van der Waals surface area contributed by atoms with Gasteiger partial charge in [-0.2, -0.15) is 5.10 Å². The van der Waals surface area contributed by atoms with Crippen LogP contribution in [-0.2, 0) is 11.8 Å². The van der Waals surface area contributed by atoms with Crippen molar-refractivity contribution in [1.82, 2.24) is 15.1 Å². The Hall–Kier alpha value is -2.67. The molecule has 0 radical (unpaired) electrons. The zero-order valence-electron chi connectivity index (χ0n) is 14.2. The Morgan fingerprint density at radius 2 is 2.12 bits per heavy atom. The van der Waals surface area contributed by atoms with Gasteiger partial charge in [-0.1, -0.05) is 18.2 Å². The number of hydrogen-bond acceptors (Lipinski definition) is 4. The van der Waals surface area contributed by atoms with Crippen molar-refractivity contribution in [1.29, 1.82) is 0 Å². The Bertz CT molecular complexity index is 757. The second kappa shape index (κ2) is 7.48. The van der Waals surface area contributed by atoms with Crippen molar-refractivity contribution in [2.75, 3.05) is 24.6 Å². The van der Waals surface area contributed by atoms with Crippen LogP contribution in [0.3, 0.4) is 0 Å². The number of para-hydroxylation sites is 1. The van der Waals surface area contributed by atoms with Crippen LogP contribution in [0.2, 0.25) is 0 Å². The van der Waals surface area contributed by atoms with Crippen molar-refractivity contribution < 1.29 is 14.7 Å². The lowest BCUT2D eigenvalue weighted by molar-refractivity contribution is -0.117. The number of aryl methyl sites for hydroxylation is 1. The molecule has 0 bridgehead atoms. The predicted molar refractivity (Wildman–Crippen MR) is 93.4 cm³/mol. The van der Waals surface area contributed by atoms with E-state index in [2.05, 4.69) is 10.4 Å². The van der Waals surface area contributed by atoms with Gasteiger partial charge in [-0.05, 0) is 18.6 Å². The Kier molecular flexibility index (Phi) is 5.14. The molecule has 3 rings (SSSR count). The molecule has 1 atom stereocenters. The van der Waals surface area contributed by atoms with E-state index in [1.807, 2.05) is 30.3 Å². The van der Waals surface area contributed by atoms with Gasteiger partial charge in [-0.25, -0.2) is 0 Å². The van der Waals surface area contributed by atoms with Gasteiger partial charge in [0.2, 0.25) is 5.91 Å². The Morgan fingerprint density at radius 3 is 2.84 bits per heavy atom. The molecular formula is C18H22N4O3. The van der Waals surface area contributed by atoms with E-state index in [9.17, 15) is 9.59 Å². The summed E-state index contributed by atoms with van der Waals surface area (Å²) >= 11 is 0. The third kappa shape index (κ3) is 3.56. The lowest BCUT2D eigenvalue weighted by Crippen LogP contribution is -2.27. The molecule has 1 saturated heterocycles. The standard InChI is InChI=1S/C18H22N4O3/c1-21-17(15(11-20-21)18(25)19-8-5-9-23)13-10-16(24)22(12-13)14-6-3-2-4-7-14/h2-4,6-7,11,13,23H,5,8-10,12H2,1H3,(H,19,25). The van der Waals surface area contributed by atoms with E-state index >= 15 is 0 Å². The number of aromatic nitrogens is 2. The molecule has 2 heterocycles. The monoisotopic (exact) mass is 342 g/mol. The number of carbonyl (C=O) groups is 2. The average Bonchev–Trinajstić information content (AvgIpc) is 3.18. The van der Waals surface area contributed by atoms with Crippen molar-refractivity contribution in [2.24, 2.45) is 7.05 Å². The fourth-order valence-electron chi connectivity index (χ4n) is 3.23. The quantitative estimate of drug-likeness (QED) is 0.768. The molecule has 2 N–H and O–H groups in total. The van der Waals surface area contributed by atoms with Gasteiger partial charge in [0.05, 0.1) is 17.5 Å². The van der Waals surface area contributed by atoms with Crippen LogP contribution >= 0.6 is 0 Å². The van der Waals surface area contributed by atoms with Gasteiger partial charge in [0.1, 0.15) is 0 Å². The maximum absolute atomic E-state index is 12.5. The van der Waals surface area contributed by atoms with E-state index in [1.54, 1.807) is 22.8 Å². The number of amides is 2. The maximum atomic E-state index is 12.5. The van der Waals surface area contributed by atoms with Crippen molar-refractivity contribution in [3.05, 3.63) is 47.8 Å². The second-order valence-corrected chi connectivity index (χ2v) is 6.14. The van der Waals surface area contributed by atoms with Crippen LogP contribution in [0.5, 0.6) is 0 Å². The molecule has 1 unspecified atom stereocenters. The average molecular weight is 342 g/mol. The van der Waals surface area contributed by atoms with E-state index in [0.29, 0.717) is 31.5 Å². The molecule has 1 aliphatic heterocycles. The Labute approximate surface area is 146 Å². The fraction of sp³-hybridized carbons (Fsp3) is 0.389.